The third kappa shape index (κ3) is 4.31. The summed E-state index contributed by atoms with van der Waals surface area (Å²) in [5, 5.41) is 5.83. The molecule has 1 aliphatic rings. The third-order valence-corrected chi connectivity index (χ3v) is 6.27. The summed E-state index contributed by atoms with van der Waals surface area (Å²) in [4.78, 5) is 37.3. The monoisotopic (exact) mass is 413 g/mol. The Morgan fingerprint density at radius 3 is 2.82 bits per heavy atom. The highest BCUT2D eigenvalue weighted by Gasteiger charge is 2.21. The van der Waals surface area contributed by atoms with Gasteiger partial charge in [0.1, 0.15) is 5.03 Å². The first-order chi connectivity index (χ1) is 13.7. The molecule has 144 valence electrons. The molecule has 0 saturated heterocycles. The molecule has 3 aromatic heterocycles. The van der Waals surface area contributed by atoms with Crippen molar-refractivity contribution in [3.05, 3.63) is 63.4 Å². The molecular formula is C19H19N5O2S2. The van der Waals surface area contributed by atoms with Crippen molar-refractivity contribution in [3.8, 4) is 0 Å². The second-order valence-electron chi connectivity index (χ2n) is 6.45. The molecule has 0 fully saturated rings. The van der Waals surface area contributed by atoms with Crippen LogP contribution in [0.3, 0.4) is 0 Å². The van der Waals surface area contributed by atoms with Crippen molar-refractivity contribution >= 4 is 34.1 Å². The van der Waals surface area contributed by atoms with Gasteiger partial charge in [-0.15, -0.1) is 11.3 Å². The van der Waals surface area contributed by atoms with Crippen molar-refractivity contribution in [2.75, 3.05) is 11.1 Å². The smallest absolute Gasteiger partial charge is 0.301 e. The highest BCUT2D eigenvalue weighted by molar-refractivity contribution is 8.00. The van der Waals surface area contributed by atoms with Gasteiger partial charge in [-0.25, -0.2) is 9.78 Å². The van der Waals surface area contributed by atoms with Gasteiger partial charge < -0.3 is 5.32 Å². The Bertz CT molecular complexity index is 1020. The molecule has 0 unspecified atom stereocenters. The molecule has 9 heteroatoms. The predicted molar refractivity (Wildman–Crippen MR) is 110 cm³/mol. The van der Waals surface area contributed by atoms with E-state index in [-0.39, 0.29) is 17.3 Å². The van der Waals surface area contributed by atoms with Crippen LogP contribution >= 0.6 is 23.1 Å². The predicted octanol–water partition coefficient (Wildman–Crippen LogP) is 2.75. The Morgan fingerprint density at radius 1 is 1.21 bits per heavy atom. The Kier molecular flexibility index (Phi) is 5.82. The fraction of sp³-hybridized carbons (Fsp3) is 0.316. The topological polar surface area (TPSA) is 89.8 Å². The summed E-state index contributed by atoms with van der Waals surface area (Å²) in [5.74, 6) is 0.0552. The van der Waals surface area contributed by atoms with Gasteiger partial charge in [0.05, 0.1) is 12.3 Å². The minimum absolute atomic E-state index is 0.146. The number of carbonyl (C=O) groups excluding carboxylic acids is 1. The molecule has 3 aromatic rings. The number of nitrogens with zero attached hydrogens (tertiary/aromatic N) is 4. The number of aromatic nitrogens is 4. The number of nitrogens with one attached hydrogen (secondary N) is 1. The summed E-state index contributed by atoms with van der Waals surface area (Å²) in [6.07, 6.45) is 8.97. The third-order valence-electron chi connectivity index (χ3n) is 4.56. The van der Waals surface area contributed by atoms with Crippen LogP contribution in [0.25, 0.3) is 0 Å². The van der Waals surface area contributed by atoms with Crippen LogP contribution < -0.4 is 11.0 Å². The summed E-state index contributed by atoms with van der Waals surface area (Å²) in [7, 11) is 0. The van der Waals surface area contributed by atoms with E-state index in [4.69, 9.17) is 0 Å². The Balaban J connectivity index is 1.56. The normalized spacial score (nSPS) is 13.1. The molecule has 0 atom stereocenters. The van der Waals surface area contributed by atoms with Crippen molar-refractivity contribution in [1.82, 2.24) is 19.5 Å². The zero-order valence-corrected chi connectivity index (χ0v) is 16.8. The average Bonchev–Trinajstić information content (AvgIpc) is 3.22. The summed E-state index contributed by atoms with van der Waals surface area (Å²) < 4.78 is 1.77. The zero-order valence-electron chi connectivity index (χ0n) is 15.1. The lowest BCUT2D eigenvalue weighted by Crippen LogP contribution is -2.30. The summed E-state index contributed by atoms with van der Waals surface area (Å²) in [6, 6.07) is 3.82. The van der Waals surface area contributed by atoms with Gasteiger partial charge in [0.15, 0.2) is 5.13 Å². The Morgan fingerprint density at radius 2 is 2.04 bits per heavy atom. The van der Waals surface area contributed by atoms with E-state index in [1.165, 1.54) is 23.1 Å². The highest BCUT2D eigenvalue weighted by atomic mass is 32.2. The number of anilines is 1. The molecule has 28 heavy (non-hydrogen) atoms. The number of amides is 1. The van der Waals surface area contributed by atoms with Gasteiger partial charge in [0, 0.05) is 35.2 Å². The highest BCUT2D eigenvalue weighted by Crippen LogP contribution is 2.28. The number of thioether (sulfide) groups is 1. The number of hydrogen-bond donors (Lipinski definition) is 1. The number of rotatable bonds is 6. The fourth-order valence-corrected chi connectivity index (χ4v) is 4.70. The Hall–Kier alpha value is -2.52. The van der Waals surface area contributed by atoms with Crippen LogP contribution in [0.1, 0.15) is 29.7 Å². The first-order valence-corrected chi connectivity index (χ1v) is 10.9. The lowest BCUT2D eigenvalue weighted by molar-refractivity contribution is -0.113. The van der Waals surface area contributed by atoms with Gasteiger partial charge >= 0.3 is 5.69 Å². The second kappa shape index (κ2) is 8.66. The largest absolute Gasteiger partial charge is 0.349 e. The maximum Gasteiger partial charge on any atom is 0.349 e. The number of hydrogen-bond acceptors (Lipinski definition) is 7. The van der Waals surface area contributed by atoms with Crippen LogP contribution in [0.2, 0.25) is 0 Å². The Labute approximate surface area is 170 Å². The molecule has 0 aliphatic heterocycles. The van der Waals surface area contributed by atoms with Crippen molar-refractivity contribution in [1.29, 1.82) is 0 Å². The first kappa shape index (κ1) is 18.8. The van der Waals surface area contributed by atoms with Crippen LogP contribution in [0.4, 0.5) is 5.13 Å². The molecule has 0 bridgehead atoms. The van der Waals surface area contributed by atoms with Gasteiger partial charge in [0.25, 0.3) is 0 Å². The van der Waals surface area contributed by atoms with E-state index in [2.05, 4.69) is 20.3 Å². The average molecular weight is 414 g/mol. The molecule has 1 amide bonds. The summed E-state index contributed by atoms with van der Waals surface area (Å²) in [5.41, 5.74) is 2.91. The molecule has 0 aromatic carbocycles. The van der Waals surface area contributed by atoms with Crippen molar-refractivity contribution in [3.63, 3.8) is 0 Å². The summed E-state index contributed by atoms with van der Waals surface area (Å²) in [6.45, 7) is 0.492. The molecule has 1 N–H and O–H groups in total. The minimum Gasteiger partial charge on any atom is -0.301 e. The van der Waals surface area contributed by atoms with E-state index in [9.17, 15) is 9.59 Å². The quantitative estimate of drug-likeness (QED) is 0.494. The van der Waals surface area contributed by atoms with E-state index in [1.807, 2.05) is 17.5 Å². The van der Waals surface area contributed by atoms with E-state index < -0.39 is 0 Å². The summed E-state index contributed by atoms with van der Waals surface area (Å²) >= 11 is 2.70. The number of carbonyl (C=O) groups is 1. The van der Waals surface area contributed by atoms with Gasteiger partial charge in [-0.05, 0) is 43.4 Å². The standard InChI is InChI=1S/C19H19N5O2S2/c25-16(22-18-21-9-10-27-18)12-28-17-14-3-1-2-4-15(14)24(19(26)23-17)11-13-5-7-20-8-6-13/h5-10H,1-4,11-12H2,(H,21,22,25). The second-order valence-corrected chi connectivity index (χ2v) is 8.31. The first-order valence-electron chi connectivity index (χ1n) is 9.04. The lowest BCUT2D eigenvalue weighted by atomic mass is 9.97. The van der Waals surface area contributed by atoms with Crippen LogP contribution in [0.15, 0.2) is 45.9 Å². The van der Waals surface area contributed by atoms with Crippen LogP contribution in [-0.2, 0) is 24.2 Å². The molecule has 3 heterocycles. The molecule has 0 radical (unpaired) electrons. The van der Waals surface area contributed by atoms with Gasteiger partial charge in [0.2, 0.25) is 5.91 Å². The maximum atomic E-state index is 12.7. The molecule has 7 nitrogen and oxygen atoms in total. The molecule has 1 aliphatic carbocycles. The van der Waals surface area contributed by atoms with E-state index in [0.29, 0.717) is 16.7 Å². The minimum atomic E-state index is -0.264. The number of pyridine rings is 1. The SMILES string of the molecule is O=C(CSc1nc(=O)n(Cc2ccncc2)c2c1CCCC2)Nc1nccs1. The van der Waals surface area contributed by atoms with Gasteiger partial charge in [-0.2, -0.15) is 4.98 Å². The molecule has 4 rings (SSSR count). The van der Waals surface area contributed by atoms with Crippen molar-refractivity contribution in [2.45, 2.75) is 37.3 Å². The lowest BCUT2D eigenvalue weighted by Gasteiger charge is -2.22. The molecular weight excluding hydrogens is 394 g/mol. The van der Waals surface area contributed by atoms with Gasteiger partial charge in [-0.3, -0.25) is 14.3 Å². The van der Waals surface area contributed by atoms with E-state index >= 15 is 0 Å². The molecule has 0 saturated carbocycles. The number of thiazole rings is 1. The van der Waals surface area contributed by atoms with E-state index in [0.717, 1.165) is 42.5 Å². The van der Waals surface area contributed by atoms with E-state index in [1.54, 1.807) is 23.2 Å². The van der Waals surface area contributed by atoms with Crippen LogP contribution in [-0.4, -0.2) is 31.2 Å². The van der Waals surface area contributed by atoms with Crippen LogP contribution in [0, 0.1) is 0 Å². The van der Waals surface area contributed by atoms with Crippen LogP contribution in [0.5, 0.6) is 0 Å². The molecule has 0 spiro atoms. The van der Waals surface area contributed by atoms with Crippen molar-refractivity contribution in [2.24, 2.45) is 0 Å². The fourth-order valence-electron chi connectivity index (χ4n) is 3.28. The maximum absolute atomic E-state index is 12.7. The number of fused-ring (bicyclic) bond motifs is 1. The van der Waals surface area contributed by atoms with Crippen molar-refractivity contribution < 1.29 is 4.79 Å². The zero-order chi connectivity index (χ0) is 19.3. The van der Waals surface area contributed by atoms with Gasteiger partial charge in [-0.1, -0.05) is 11.8 Å².